The van der Waals surface area contributed by atoms with Crippen molar-refractivity contribution < 1.29 is 9.47 Å². The van der Waals surface area contributed by atoms with E-state index < -0.39 is 0 Å². The third kappa shape index (κ3) is 5.01. The van der Waals surface area contributed by atoms with Crippen LogP contribution in [0.5, 0.6) is 11.5 Å². The van der Waals surface area contributed by atoms with Gasteiger partial charge in [-0.3, -0.25) is 0 Å². The minimum Gasteiger partial charge on any atom is -0.493 e. The van der Waals surface area contributed by atoms with Crippen LogP contribution < -0.4 is 20.1 Å². The zero-order valence-electron chi connectivity index (χ0n) is 14.8. The monoisotopic (exact) mass is 330 g/mol. The Balaban J connectivity index is 2.03. The summed E-state index contributed by atoms with van der Waals surface area (Å²) in [7, 11) is 3.26. The normalized spacial score (nSPS) is 10.3. The number of aryl methyl sites for hydroxylation is 1. The Kier molecular flexibility index (Phi) is 6.66. The molecule has 0 aliphatic rings. The van der Waals surface area contributed by atoms with Gasteiger partial charge >= 0.3 is 0 Å². The van der Waals surface area contributed by atoms with Gasteiger partial charge in [-0.15, -0.1) is 0 Å². The van der Waals surface area contributed by atoms with E-state index in [-0.39, 0.29) is 0 Å². The molecule has 0 fully saturated rings. The number of rotatable bonds is 9. The number of aromatic nitrogens is 2. The summed E-state index contributed by atoms with van der Waals surface area (Å²) in [6, 6.07) is 7.79. The lowest BCUT2D eigenvalue weighted by Crippen LogP contribution is -2.09. The lowest BCUT2D eigenvalue weighted by Gasteiger charge is -2.12. The van der Waals surface area contributed by atoms with Crippen molar-refractivity contribution in [2.75, 3.05) is 31.4 Å². The van der Waals surface area contributed by atoms with Crippen molar-refractivity contribution >= 4 is 11.8 Å². The van der Waals surface area contributed by atoms with Gasteiger partial charge in [0.15, 0.2) is 11.5 Å². The number of unbranched alkanes of at least 4 members (excludes halogenated alkanes) is 1. The fraction of sp³-hybridized carbons (Fsp3) is 0.444. The van der Waals surface area contributed by atoms with Crippen LogP contribution >= 0.6 is 0 Å². The van der Waals surface area contributed by atoms with Crippen LogP contribution in [-0.2, 0) is 6.54 Å². The lowest BCUT2D eigenvalue weighted by molar-refractivity contribution is 0.354. The van der Waals surface area contributed by atoms with Crippen LogP contribution in [0.3, 0.4) is 0 Å². The van der Waals surface area contributed by atoms with E-state index in [0.29, 0.717) is 18.2 Å². The highest BCUT2D eigenvalue weighted by Gasteiger charge is 2.06. The SMILES string of the molecule is CCCCNc1cc(C)nc(NCc2ccc(OC)c(OC)c2)n1. The summed E-state index contributed by atoms with van der Waals surface area (Å²) in [6.07, 6.45) is 2.28. The second-order valence-electron chi connectivity index (χ2n) is 5.54. The molecule has 1 aromatic heterocycles. The van der Waals surface area contributed by atoms with Gasteiger partial charge in [-0.25, -0.2) is 4.98 Å². The Morgan fingerprint density at radius 3 is 2.50 bits per heavy atom. The summed E-state index contributed by atoms with van der Waals surface area (Å²) in [5.74, 6) is 2.90. The van der Waals surface area contributed by atoms with Gasteiger partial charge in [-0.2, -0.15) is 4.98 Å². The van der Waals surface area contributed by atoms with E-state index >= 15 is 0 Å². The molecule has 1 aromatic carbocycles. The summed E-state index contributed by atoms with van der Waals surface area (Å²) in [6.45, 7) is 5.66. The Hall–Kier alpha value is -2.50. The molecule has 0 atom stereocenters. The zero-order chi connectivity index (χ0) is 17.4. The maximum atomic E-state index is 5.33. The lowest BCUT2D eigenvalue weighted by atomic mass is 10.2. The summed E-state index contributed by atoms with van der Waals surface area (Å²) in [4.78, 5) is 8.94. The largest absolute Gasteiger partial charge is 0.493 e. The number of nitrogens with one attached hydrogen (secondary N) is 2. The van der Waals surface area contributed by atoms with Crippen molar-refractivity contribution in [2.24, 2.45) is 0 Å². The van der Waals surface area contributed by atoms with Gasteiger partial charge in [0, 0.05) is 24.8 Å². The second-order valence-corrected chi connectivity index (χ2v) is 5.54. The molecule has 0 unspecified atom stereocenters. The van der Waals surface area contributed by atoms with Crippen LogP contribution in [0.4, 0.5) is 11.8 Å². The summed E-state index contributed by atoms with van der Waals surface area (Å²) in [5.41, 5.74) is 2.00. The van der Waals surface area contributed by atoms with E-state index in [9.17, 15) is 0 Å². The maximum absolute atomic E-state index is 5.33. The minimum atomic E-state index is 0.609. The maximum Gasteiger partial charge on any atom is 0.225 e. The molecule has 0 aliphatic carbocycles. The molecule has 0 aliphatic heterocycles. The average molecular weight is 330 g/mol. The quantitative estimate of drug-likeness (QED) is 0.684. The third-order valence-electron chi connectivity index (χ3n) is 3.59. The predicted octanol–water partition coefficient (Wildman–Crippen LogP) is 3.63. The molecule has 2 aromatic rings. The first-order valence-electron chi connectivity index (χ1n) is 8.20. The number of anilines is 2. The Bertz CT molecular complexity index is 661. The fourth-order valence-corrected chi connectivity index (χ4v) is 2.30. The minimum absolute atomic E-state index is 0.609. The second kappa shape index (κ2) is 8.96. The molecular weight excluding hydrogens is 304 g/mol. The number of hydrogen-bond donors (Lipinski definition) is 2. The molecule has 0 saturated heterocycles. The molecule has 2 N–H and O–H groups in total. The van der Waals surface area contributed by atoms with E-state index in [4.69, 9.17) is 9.47 Å². The van der Waals surface area contributed by atoms with Crippen LogP contribution in [0.25, 0.3) is 0 Å². The van der Waals surface area contributed by atoms with Crippen molar-refractivity contribution in [2.45, 2.75) is 33.2 Å². The van der Waals surface area contributed by atoms with Gasteiger partial charge < -0.3 is 20.1 Å². The fourth-order valence-electron chi connectivity index (χ4n) is 2.30. The molecule has 0 spiro atoms. The first kappa shape index (κ1) is 17.8. The topological polar surface area (TPSA) is 68.3 Å². The summed E-state index contributed by atoms with van der Waals surface area (Å²) >= 11 is 0. The molecule has 130 valence electrons. The number of benzene rings is 1. The highest BCUT2D eigenvalue weighted by Crippen LogP contribution is 2.27. The molecular formula is C18H26N4O2. The Morgan fingerprint density at radius 2 is 1.79 bits per heavy atom. The number of hydrogen-bond acceptors (Lipinski definition) is 6. The molecule has 2 rings (SSSR count). The third-order valence-corrected chi connectivity index (χ3v) is 3.59. The summed E-state index contributed by atoms with van der Waals surface area (Å²) in [5, 5.41) is 6.59. The van der Waals surface area contributed by atoms with E-state index in [1.807, 2.05) is 31.2 Å². The first-order chi connectivity index (χ1) is 11.7. The van der Waals surface area contributed by atoms with Crippen molar-refractivity contribution in [3.8, 4) is 11.5 Å². The molecule has 0 amide bonds. The average Bonchev–Trinajstić information content (AvgIpc) is 2.59. The predicted molar refractivity (Wildman–Crippen MR) is 97.0 cm³/mol. The molecule has 0 radical (unpaired) electrons. The van der Waals surface area contributed by atoms with Gasteiger partial charge in [0.05, 0.1) is 14.2 Å². The highest BCUT2D eigenvalue weighted by molar-refractivity contribution is 5.45. The molecule has 24 heavy (non-hydrogen) atoms. The first-order valence-corrected chi connectivity index (χ1v) is 8.20. The molecule has 0 saturated carbocycles. The van der Waals surface area contributed by atoms with Gasteiger partial charge in [-0.1, -0.05) is 19.4 Å². The van der Waals surface area contributed by atoms with Crippen molar-refractivity contribution in [3.63, 3.8) is 0 Å². The Labute approximate surface area is 143 Å². The standard InChI is InChI=1S/C18H26N4O2/c1-5-6-9-19-17-10-13(2)21-18(22-17)20-12-14-7-8-15(23-3)16(11-14)24-4/h7-8,10-11H,5-6,9,12H2,1-4H3,(H2,19,20,21,22). The van der Waals surface area contributed by atoms with Crippen LogP contribution in [-0.4, -0.2) is 30.7 Å². The van der Waals surface area contributed by atoms with E-state index in [2.05, 4.69) is 27.5 Å². The molecule has 6 nitrogen and oxygen atoms in total. The van der Waals surface area contributed by atoms with E-state index in [1.165, 1.54) is 0 Å². The van der Waals surface area contributed by atoms with Crippen LogP contribution in [0, 0.1) is 6.92 Å². The molecule has 6 heteroatoms. The molecule has 1 heterocycles. The van der Waals surface area contributed by atoms with Gasteiger partial charge in [0.1, 0.15) is 5.82 Å². The number of nitrogens with zero attached hydrogens (tertiary/aromatic N) is 2. The highest BCUT2D eigenvalue weighted by atomic mass is 16.5. The number of methoxy groups -OCH3 is 2. The van der Waals surface area contributed by atoms with E-state index in [1.54, 1.807) is 14.2 Å². The molecule has 0 bridgehead atoms. The smallest absolute Gasteiger partial charge is 0.225 e. The Morgan fingerprint density at radius 1 is 1.00 bits per heavy atom. The van der Waals surface area contributed by atoms with Crippen molar-refractivity contribution in [1.82, 2.24) is 9.97 Å². The number of ether oxygens (including phenoxy) is 2. The van der Waals surface area contributed by atoms with Crippen molar-refractivity contribution in [1.29, 1.82) is 0 Å². The van der Waals surface area contributed by atoms with Gasteiger partial charge in [0.25, 0.3) is 0 Å². The zero-order valence-corrected chi connectivity index (χ0v) is 14.8. The van der Waals surface area contributed by atoms with Gasteiger partial charge in [-0.05, 0) is 31.0 Å². The van der Waals surface area contributed by atoms with Gasteiger partial charge in [0.2, 0.25) is 5.95 Å². The van der Waals surface area contributed by atoms with E-state index in [0.717, 1.165) is 42.2 Å². The van der Waals surface area contributed by atoms with Crippen LogP contribution in [0.2, 0.25) is 0 Å². The summed E-state index contributed by atoms with van der Waals surface area (Å²) < 4.78 is 10.6. The van der Waals surface area contributed by atoms with Crippen LogP contribution in [0.1, 0.15) is 31.0 Å². The van der Waals surface area contributed by atoms with Crippen LogP contribution in [0.15, 0.2) is 24.3 Å². The van der Waals surface area contributed by atoms with Crippen molar-refractivity contribution in [3.05, 3.63) is 35.5 Å².